The number of carbonyl (C=O) groups is 3. The standard InChI is InChI=1S/C27H22N2O8/c1-35-20-10-8-19(9-11-20)29-27(34)21(26(28-29)18-5-3-2-4-6-18)13-17-7-12-22(36-15-24(30)31)23(14-17)37-16-25(32)33/h2-14H,15-16H2,1H3,(H,30,31)(H,32,33)/b21-13-. The molecule has 2 N–H and O–H groups in total. The predicted octanol–water partition coefficient (Wildman–Crippen LogP) is 3.46. The second kappa shape index (κ2) is 11.1. The number of nitrogens with zero attached hydrogens (tertiary/aromatic N) is 2. The predicted molar refractivity (Wildman–Crippen MR) is 134 cm³/mol. The van der Waals surface area contributed by atoms with Gasteiger partial charge >= 0.3 is 11.9 Å². The summed E-state index contributed by atoms with van der Waals surface area (Å²) in [6, 6.07) is 20.6. The summed E-state index contributed by atoms with van der Waals surface area (Å²) in [7, 11) is 1.55. The minimum atomic E-state index is -1.22. The molecule has 10 nitrogen and oxygen atoms in total. The van der Waals surface area contributed by atoms with Gasteiger partial charge < -0.3 is 24.4 Å². The lowest BCUT2D eigenvalue weighted by molar-refractivity contribution is -0.140. The molecular weight excluding hydrogens is 480 g/mol. The number of anilines is 1. The molecule has 3 aromatic rings. The number of ether oxygens (including phenoxy) is 3. The Morgan fingerprint density at radius 1 is 0.892 bits per heavy atom. The first-order valence-corrected chi connectivity index (χ1v) is 11.0. The van der Waals surface area contributed by atoms with E-state index >= 15 is 0 Å². The summed E-state index contributed by atoms with van der Waals surface area (Å²) >= 11 is 0. The van der Waals surface area contributed by atoms with Gasteiger partial charge in [-0.05, 0) is 48.0 Å². The lowest BCUT2D eigenvalue weighted by Gasteiger charge is -2.13. The van der Waals surface area contributed by atoms with Gasteiger partial charge in [-0.15, -0.1) is 0 Å². The van der Waals surface area contributed by atoms with E-state index in [9.17, 15) is 14.4 Å². The van der Waals surface area contributed by atoms with Crippen LogP contribution >= 0.6 is 0 Å². The van der Waals surface area contributed by atoms with Crippen LogP contribution < -0.4 is 19.2 Å². The number of rotatable bonds is 10. The van der Waals surface area contributed by atoms with Crippen molar-refractivity contribution in [2.45, 2.75) is 0 Å². The molecule has 10 heteroatoms. The van der Waals surface area contributed by atoms with Gasteiger partial charge in [-0.25, -0.2) is 9.59 Å². The third-order valence-electron chi connectivity index (χ3n) is 5.22. The highest BCUT2D eigenvalue weighted by Crippen LogP contribution is 2.32. The van der Waals surface area contributed by atoms with Crippen LogP contribution in [0.15, 0.2) is 83.5 Å². The molecule has 0 unspecified atom stereocenters. The summed E-state index contributed by atoms with van der Waals surface area (Å²) in [5, 5.41) is 23.8. The number of hydrogen-bond acceptors (Lipinski definition) is 7. The van der Waals surface area contributed by atoms with Crippen LogP contribution in [0.25, 0.3) is 6.08 Å². The number of benzene rings is 3. The highest BCUT2D eigenvalue weighted by Gasteiger charge is 2.32. The molecule has 3 aromatic carbocycles. The zero-order chi connectivity index (χ0) is 26.4. The van der Waals surface area contributed by atoms with Crippen molar-refractivity contribution in [3.05, 3.63) is 89.5 Å². The summed E-state index contributed by atoms with van der Waals surface area (Å²) < 4.78 is 15.7. The van der Waals surface area contributed by atoms with Crippen molar-refractivity contribution in [2.75, 3.05) is 25.3 Å². The first-order valence-electron chi connectivity index (χ1n) is 11.0. The average molecular weight is 502 g/mol. The van der Waals surface area contributed by atoms with Gasteiger partial charge in [0.05, 0.1) is 18.4 Å². The van der Waals surface area contributed by atoms with E-state index in [0.717, 1.165) is 5.56 Å². The minimum Gasteiger partial charge on any atom is -0.497 e. The zero-order valence-corrected chi connectivity index (χ0v) is 19.7. The van der Waals surface area contributed by atoms with Crippen LogP contribution in [0.1, 0.15) is 11.1 Å². The summed E-state index contributed by atoms with van der Waals surface area (Å²) in [6.45, 7) is -1.30. The third-order valence-corrected chi connectivity index (χ3v) is 5.22. The van der Waals surface area contributed by atoms with E-state index in [1.807, 2.05) is 30.3 Å². The fraction of sp³-hybridized carbons (Fsp3) is 0.111. The first-order chi connectivity index (χ1) is 17.9. The molecule has 0 saturated heterocycles. The average Bonchev–Trinajstić information content (AvgIpc) is 3.23. The molecule has 1 amide bonds. The van der Waals surface area contributed by atoms with Crippen LogP contribution in [-0.2, 0) is 14.4 Å². The van der Waals surface area contributed by atoms with E-state index in [2.05, 4.69) is 5.10 Å². The van der Waals surface area contributed by atoms with Crippen LogP contribution in [0.3, 0.4) is 0 Å². The van der Waals surface area contributed by atoms with Crippen LogP contribution in [0, 0.1) is 0 Å². The summed E-state index contributed by atoms with van der Waals surface area (Å²) in [5.74, 6) is -2.07. The summed E-state index contributed by atoms with van der Waals surface area (Å²) in [4.78, 5) is 35.4. The number of methoxy groups -OCH3 is 1. The second-order valence-electron chi connectivity index (χ2n) is 7.76. The lowest BCUT2D eigenvalue weighted by Crippen LogP contribution is -2.21. The first kappa shape index (κ1) is 25.0. The van der Waals surface area contributed by atoms with Gasteiger partial charge in [-0.3, -0.25) is 4.79 Å². The molecule has 0 atom stereocenters. The number of amides is 1. The molecule has 1 aliphatic rings. The number of carboxylic acid groups (broad SMARTS) is 2. The maximum absolute atomic E-state index is 13.5. The van der Waals surface area contributed by atoms with Gasteiger partial charge in [0.1, 0.15) is 11.5 Å². The Morgan fingerprint density at radius 3 is 2.16 bits per heavy atom. The number of carbonyl (C=O) groups excluding carboxylic acids is 1. The highest BCUT2D eigenvalue weighted by molar-refractivity contribution is 6.37. The number of carboxylic acids is 2. The van der Waals surface area contributed by atoms with Crippen molar-refractivity contribution in [1.82, 2.24) is 0 Å². The number of aliphatic carboxylic acids is 2. The van der Waals surface area contributed by atoms with Gasteiger partial charge in [0.2, 0.25) is 0 Å². The Morgan fingerprint density at radius 2 is 1.54 bits per heavy atom. The number of hydrazone groups is 1. The molecule has 0 spiro atoms. The molecule has 4 rings (SSSR count). The Balaban J connectivity index is 1.74. The molecule has 1 aliphatic heterocycles. The highest BCUT2D eigenvalue weighted by atomic mass is 16.5. The third kappa shape index (κ3) is 5.93. The van der Waals surface area contributed by atoms with Gasteiger partial charge in [0.15, 0.2) is 24.7 Å². The SMILES string of the molecule is COc1ccc(N2N=C(c3ccccc3)/C(=C/c3ccc(OCC(=O)O)c(OCC(=O)O)c3)C2=O)cc1. The van der Waals surface area contributed by atoms with Crippen LogP contribution in [0.4, 0.5) is 5.69 Å². The van der Waals surface area contributed by atoms with Crippen molar-refractivity contribution < 1.29 is 38.8 Å². The molecule has 0 aromatic heterocycles. The molecule has 0 fully saturated rings. The second-order valence-corrected chi connectivity index (χ2v) is 7.76. The molecule has 0 radical (unpaired) electrons. The van der Waals surface area contributed by atoms with Crippen molar-refractivity contribution in [3.63, 3.8) is 0 Å². The Bertz CT molecular complexity index is 1380. The molecule has 1 heterocycles. The normalized spacial score (nSPS) is 13.9. The van der Waals surface area contributed by atoms with Crippen molar-refractivity contribution in [1.29, 1.82) is 0 Å². The Hall–Kier alpha value is -5.12. The molecule has 0 bridgehead atoms. The maximum atomic E-state index is 13.5. The molecule has 37 heavy (non-hydrogen) atoms. The molecule has 0 aliphatic carbocycles. The van der Waals surface area contributed by atoms with E-state index in [1.54, 1.807) is 43.5 Å². The van der Waals surface area contributed by atoms with Crippen LogP contribution in [0.2, 0.25) is 0 Å². The summed E-state index contributed by atoms with van der Waals surface area (Å²) in [6.07, 6.45) is 1.60. The fourth-order valence-electron chi connectivity index (χ4n) is 3.54. The van der Waals surface area contributed by atoms with E-state index in [-0.39, 0.29) is 17.4 Å². The molecule has 188 valence electrons. The number of hydrogen-bond donors (Lipinski definition) is 2. The van der Waals surface area contributed by atoms with Crippen molar-refractivity contribution >= 4 is 35.3 Å². The van der Waals surface area contributed by atoms with E-state index in [1.165, 1.54) is 17.1 Å². The minimum absolute atomic E-state index is 0.0219. The van der Waals surface area contributed by atoms with Gasteiger partial charge in [-0.2, -0.15) is 10.1 Å². The lowest BCUT2D eigenvalue weighted by atomic mass is 10.00. The fourth-order valence-corrected chi connectivity index (χ4v) is 3.54. The maximum Gasteiger partial charge on any atom is 0.341 e. The smallest absolute Gasteiger partial charge is 0.341 e. The monoisotopic (exact) mass is 502 g/mol. The zero-order valence-electron chi connectivity index (χ0n) is 19.7. The van der Waals surface area contributed by atoms with Gasteiger partial charge in [0.25, 0.3) is 5.91 Å². The van der Waals surface area contributed by atoms with Crippen molar-refractivity contribution in [2.24, 2.45) is 5.10 Å². The van der Waals surface area contributed by atoms with E-state index < -0.39 is 25.2 Å². The van der Waals surface area contributed by atoms with E-state index in [0.29, 0.717) is 28.3 Å². The summed E-state index contributed by atoms with van der Waals surface area (Å²) in [5.41, 5.74) is 2.50. The van der Waals surface area contributed by atoms with Crippen molar-refractivity contribution in [3.8, 4) is 17.2 Å². The largest absolute Gasteiger partial charge is 0.497 e. The van der Waals surface area contributed by atoms with Gasteiger partial charge in [0, 0.05) is 5.56 Å². The van der Waals surface area contributed by atoms with Crippen LogP contribution in [-0.4, -0.2) is 54.1 Å². The Labute approximate surface area is 211 Å². The topological polar surface area (TPSA) is 135 Å². The quantitative estimate of drug-likeness (QED) is 0.403. The Kier molecular flexibility index (Phi) is 7.48. The molecular formula is C27H22N2O8. The molecule has 0 saturated carbocycles. The van der Waals surface area contributed by atoms with E-state index in [4.69, 9.17) is 24.4 Å². The van der Waals surface area contributed by atoms with Crippen LogP contribution in [0.5, 0.6) is 17.2 Å². The van der Waals surface area contributed by atoms with Gasteiger partial charge in [-0.1, -0.05) is 36.4 Å².